The van der Waals surface area contributed by atoms with E-state index in [1.165, 1.54) is 36.4 Å². The summed E-state index contributed by atoms with van der Waals surface area (Å²) in [6.45, 7) is -0.854. The third-order valence-electron chi connectivity index (χ3n) is 4.32. The number of hydrogen-bond acceptors (Lipinski definition) is 6. The average molecular weight is 382 g/mol. The molecule has 9 nitrogen and oxygen atoms in total. The molecule has 0 spiro atoms. The maximum absolute atomic E-state index is 12.6. The molecule has 2 aromatic rings. The lowest BCUT2D eigenvalue weighted by Gasteiger charge is -2.23. The molecule has 1 aliphatic heterocycles. The van der Waals surface area contributed by atoms with Crippen LogP contribution in [0.5, 0.6) is 0 Å². The van der Waals surface area contributed by atoms with Gasteiger partial charge in [-0.05, 0) is 6.07 Å². The van der Waals surface area contributed by atoms with Crippen LogP contribution in [0, 0.1) is 10.1 Å². The first-order valence-electron chi connectivity index (χ1n) is 8.12. The number of Topliss-reactive ketones (excluding diaryl/α,β-unsaturated/α-hetero) is 1. The largest absolute Gasteiger partial charge is 0.507 e. The molecule has 0 aliphatic carbocycles. The maximum Gasteiger partial charge on any atom is 0.323 e. The number of amides is 1. The van der Waals surface area contributed by atoms with E-state index >= 15 is 0 Å². The van der Waals surface area contributed by atoms with Crippen molar-refractivity contribution in [3.63, 3.8) is 0 Å². The Morgan fingerprint density at radius 3 is 2.25 bits per heavy atom. The fourth-order valence-corrected chi connectivity index (χ4v) is 3.15. The molecule has 1 amide bonds. The van der Waals surface area contributed by atoms with E-state index in [2.05, 4.69) is 0 Å². The number of ketones is 1. The van der Waals surface area contributed by atoms with Gasteiger partial charge in [-0.15, -0.1) is 0 Å². The van der Waals surface area contributed by atoms with E-state index in [-0.39, 0.29) is 11.1 Å². The summed E-state index contributed by atoms with van der Waals surface area (Å²) in [5.74, 6) is -4.19. The predicted molar refractivity (Wildman–Crippen MR) is 96.2 cm³/mol. The number of benzene rings is 2. The van der Waals surface area contributed by atoms with Crippen molar-refractivity contribution in [2.24, 2.45) is 0 Å². The lowest BCUT2D eigenvalue weighted by molar-refractivity contribution is -0.385. The zero-order valence-corrected chi connectivity index (χ0v) is 14.3. The van der Waals surface area contributed by atoms with Gasteiger partial charge >= 0.3 is 5.97 Å². The van der Waals surface area contributed by atoms with Gasteiger partial charge in [0.2, 0.25) is 0 Å². The molecule has 0 aromatic heterocycles. The van der Waals surface area contributed by atoms with Gasteiger partial charge in [-0.25, -0.2) is 0 Å². The first kappa shape index (κ1) is 18.8. The van der Waals surface area contributed by atoms with Crippen molar-refractivity contribution in [1.29, 1.82) is 0 Å². The molecule has 3 rings (SSSR count). The summed E-state index contributed by atoms with van der Waals surface area (Å²) in [6.07, 6.45) is 0. The Labute approximate surface area is 158 Å². The molecule has 142 valence electrons. The fraction of sp³-hybridized carbons (Fsp3) is 0.105. The highest BCUT2D eigenvalue weighted by molar-refractivity contribution is 6.47. The highest BCUT2D eigenvalue weighted by Gasteiger charge is 2.48. The molecule has 9 heteroatoms. The molecule has 1 heterocycles. The molecule has 0 unspecified atom stereocenters. The van der Waals surface area contributed by atoms with Crippen LogP contribution in [0.25, 0.3) is 5.76 Å². The number of nitrogens with zero attached hydrogens (tertiary/aromatic N) is 2. The fourth-order valence-electron chi connectivity index (χ4n) is 3.15. The second kappa shape index (κ2) is 7.31. The summed E-state index contributed by atoms with van der Waals surface area (Å²) in [5, 5.41) is 31.3. The van der Waals surface area contributed by atoms with Crippen LogP contribution in [0.4, 0.5) is 5.69 Å². The molecule has 1 saturated heterocycles. The van der Waals surface area contributed by atoms with E-state index in [0.29, 0.717) is 4.90 Å². The predicted octanol–water partition coefficient (Wildman–Crippen LogP) is 2.10. The van der Waals surface area contributed by atoms with Crippen molar-refractivity contribution in [2.45, 2.75) is 6.04 Å². The Hall–Kier alpha value is -4.01. The van der Waals surface area contributed by atoms with Crippen molar-refractivity contribution >= 4 is 29.1 Å². The zero-order valence-electron chi connectivity index (χ0n) is 14.3. The first-order valence-corrected chi connectivity index (χ1v) is 8.12. The minimum atomic E-state index is -1.40. The lowest BCUT2D eigenvalue weighted by Crippen LogP contribution is -2.34. The number of hydrogen-bond donors (Lipinski definition) is 2. The number of aliphatic hydroxyl groups is 1. The van der Waals surface area contributed by atoms with Crippen LogP contribution in [-0.4, -0.2) is 44.2 Å². The van der Waals surface area contributed by atoms with E-state index in [0.717, 1.165) is 0 Å². The second-order valence-electron chi connectivity index (χ2n) is 6.00. The standard InChI is InChI=1S/C19H14N2O7/c22-14(23)10-20-16(12-8-4-5-9-13(12)21(27)28)15(18(25)19(20)26)17(24)11-6-2-1-3-7-11/h1-9,16,24H,10H2,(H,22,23)/b17-15-/t16-/m1/s1. The van der Waals surface area contributed by atoms with Gasteiger partial charge in [0.1, 0.15) is 12.3 Å². The smallest absolute Gasteiger partial charge is 0.323 e. The maximum atomic E-state index is 12.6. The van der Waals surface area contributed by atoms with Crippen molar-refractivity contribution in [1.82, 2.24) is 4.90 Å². The van der Waals surface area contributed by atoms with Crippen molar-refractivity contribution in [3.05, 3.63) is 81.4 Å². The van der Waals surface area contributed by atoms with Crippen LogP contribution in [-0.2, 0) is 14.4 Å². The van der Waals surface area contributed by atoms with Gasteiger partial charge in [0.25, 0.3) is 17.4 Å². The molecule has 0 radical (unpaired) electrons. The number of rotatable bonds is 5. The van der Waals surface area contributed by atoms with Gasteiger partial charge in [-0.2, -0.15) is 0 Å². The first-order chi connectivity index (χ1) is 13.3. The summed E-state index contributed by atoms with van der Waals surface area (Å²) in [7, 11) is 0. The number of nitro benzene ring substituents is 1. The third kappa shape index (κ3) is 3.20. The number of nitro groups is 1. The van der Waals surface area contributed by atoms with E-state index in [4.69, 9.17) is 5.11 Å². The number of aliphatic hydroxyl groups excluding tert-OH is 1. The summed E-state index contributed by atoms with van der Waals surface area (Å²) in [4.78, 5) is 47.7. The summed E-state index contributed by atoms with van der Waals surface area (Å²) in [6, 6.07) is 11.8. The monoisotopic (exact) mass is 382 g/mol. The molecule has 0 saturated carbocycles. The van der Waals surface area contributed by atoms with Crippen molar-refractivity contribution in [3.8, 4) is 0 Å². The summed E-state index contributed by atoms with van der Waals surface area (Å²) in [5.41, 5.74) is -0.639. The average Bonchev–Trinajstić information content (AvgIpc) is 2.92. The molecule has 1 atom stereocenters. The normalized spacial score (nSPS) is 18.3. The number of para-hydroxylation sites is 1. The molecule has 1 fully saturated rings. The Balaban J connectivity index is 2.28. The SMILES string of the molecule is O=C(O)CN1C(=O)C(=O)/C(=C(\O)c2ccccc2)[C@H]1c1ccccc1[N+](=O)[O-]. The number of carbonyl (C=O) groups excluding carboxylic acids is 2. The van der Waals surface area contributed by atoms with E-state index in [1.54, 1.807) is 18.2 Å². The molecule has 1 aliphatic rings. The number of aliphatic carboxylic acids is 1. The van der Waals surface area contributed by atoms with Gasteiger partial charge in [-0.1, -0.05) is 42.5 Å². The van der Waals surface area contributed by atoms with Crippen LogP contribution < -0.4 is 0 Å². The van der Waals surface area contributed by atoms with Gasteiger partial charge in [-0.3, -0.25) is 24.5 Å². The molecule has 28 heavy (non-hydrogen) atoms. The molecule has 0 bridgehead atoms. The molecular formula is C19H14N2O7. The van der Waals surface area contributed by atoms with Gasteiger partial charge in [0.15, 0.2) is 0 Å². The van der Waals surface area contributed by atoms with Gasteiger partial charge in [0.05, 0.1) is 22.1 Å². The minimum absolute atomic E-state index is 0.0644. The van der Waals surface area contributed by atoms with E-state index in [1.807, 2.05) is 0 Å². The summed E-state index contributed by atoms with van der Waals surface area (Å²) < 4.78 is 0. The highest BCUT2D eigenvalue weighted by atomic mass is 16.6. The Bertz CT molecular complexity index is 1010. The van der Waals surface area contributed by atoms with E-state index < -0.39 is 52.2 Å². The Morgan fingerprint density at radius 2 is 1.64 bits per heavy atom. The van der Waals surface area contributed by atoms with Crippen molar-refractivity contribution in [2.75, 3.05) is 6.54 Å². The van der Waals surface area contributed by atoms with Crippen LogP contribution in [0.15, 0.2) is 60.2 Å². The topological polar surface area (TPSA) is 138 Å². The van der Waals surface area contributed by atoms with Gasteiger partial charge in [0, 0.05) is 11.6 Å². The summed E-state index contributed by atoms with van der Waals surface area (Å²) >= 11 is 0. The second-order valence-corrected chi connectivity index (χ2v) is 6.00. The lowest BCUT2D eigenvalue weighted by atomic mass is 9.94. The number of likely N-dealkylation sites (tertiary alicyclic amines) is 1. The van der Waals surface area contributed by atoms with Crippen LogP contribution in [0.1, 0.15) is 17.2 Å². The number of carbonyl (C=O) groups is 3. The molecule has 2 aromatic carbocycles. The number of carboxylic acid groups (broad SMARTS) is 1. The van der Waals surface area contributed by atoms with Crippen molar-refractivity contribution < 1.29 is 29.5 Å². The Kier molecular flexibility index (Phi) is 4.90. The number of carboxylic acids is 1. The highest BCUT2D eigenvalue weighted by Crippen LogP contribution is 2.42. The minimum Gasteiger partial charge on any atom is -0.507 e. The molecular weight excluding hydrogens is 368 g/mol. The molecule has 2 N–H and O–H groups in total. The van der Waals surface area contributed by atoms with E-state index in [9.17, 15) is 29.6 Å². The van der Waals surface area contributed by atoms with Gasteiger partial charge < -0.3 is 15.1 Å². The van der Waals surface area contributed by atoms with Crippen LogP contribution >= 0.6 is 0 Å². The van der Waals surface area contributed by atoms with Crippen LogP contribution in [0.2, 0.25) is 0 Å². The van der Waals surface area contributed by atoms with Crippen LogP contribution in [0.3, 0.4) is 0 Å². The quantitative estimate of drug-likeness (QED) is 0.265. The Morgan fingerprint density at radius 1 is 1.04 bits per heavy atom. The zero-order chi connectivity index (χ0) is 20.4. The third-order valence-corrected chi connectivity index (χ3v) is 4.32.